The molecule has 1 aliphatic rings. The van der Waals surface area contributed by atoms with Crippen molar-refractivity contribution in [3.05, 3.63) is 29.8 Å². The summed E-state index contributed by atoms with van der Waals surface area (Å²) in [6.45, 7) is 0. The van der Waals surface area contributed by atoms with E-state index in [2.05, 4.69) is 5.32 Å². The van der Waals surface area contributed by atoms with E-state index in [1.165, 1.54) is 0 Å². The van der Waals surface area contributed by atoms with Gasteiger partial charge in [0.25, 0.3) is 0 Å². The summed E-state index contributed by atoms with van der Waals surface area (Å²) < 4.78 is 49.9. The minimum atomic E-state index is -4.11. The van der Waals surface area contributed by atoms with Crippen LogP contribution in [-0.2, 0) is 16.6 Å². The molecule has 0 bridgehead atoms. The van der Waals surface area contributed by atoms with Crippen molar-refractivity contribution >= 4 is 16.5 Å². The molecule has 0 saturated heterocycles. The smallest absolute Gasteiger partial charge is 0.382 e. The lowest BCUT2D eigenvalue weighted by Crippen LogP contribution is -2.34. The number of benzene rings is 1. The van der Waals surface area contributed by atoms with Crippen LogP contribution in [0.15, 0.2) is 24.3 Å². The summed E-state index contributed by atoms with van der Waals surface area (Å²) in [5.41, 5.74) is 1.70. The van der Waals surface area contributed by atoms with E-state index in [-0.39, 0.29) is 18.9 Å². The van der Waals surface area contributed by atoms with Crippen LogP contribution in [0, 0.1) is 5.92 Å². The molecule has 1 aromatic carbocycles. The van der Waals surface area contributed by atoms with E-state index in [1.54, 1.807) is 6.26 Å². The fourth-order valence-corrected chi connectivity index (χ4v) is 3.53. The molecule has 1 N–H and O–H groups in total. The zero-order valence-electron chi connectivity index (χ0n) is 12.0. The maximum atomic E-state index is 12.8. The molecule has 6 heteroatoms. The lowest BCUT2D eigenvalue weighted by molar-refractivity contribution is -0.182. The molecule has 21 heavy (non-hydrogen) atoms. The zero-order chi connectivity index (χ0) is 15.5. The van der Waals surface area contributed by atoms with Crippen LogP contribution in [0.5, 0.6) is 0 Å². The van der Waals surface area contributed by atoms with Crippen LogP contribution in [-0.4, -0.2) is 22.7 Å². The monoisotopic (exact) mass is 319 g/mol. The Labute approximate surface area is 125 Å². The number of halogens is 3. The molecule has 0 aliphatic heterocycles. The highest BCUT2D eigenvalue weighted by atomic mass is 32.2. The summed E-state index contributed by atoms with van der Waals surface area (Å²) in [7, 11) is -0.974. The van der Waals surface area contributed by atoms with Crippen molar-refractivity contribution in [2.45, 2.75) is 43.7 Å². The Balaban J connectivity index is 2.06. The molecule has 1 saturated carbocycles. The Morgan fingerprint density at radius 1 is 1.29 bits per heavy atom. The largest absolute Gasteiger partial charge is 0.391 e. The first-order chi connectivity index (χ1) is 9.86. The van der Waals surface area contributed by atoms with Crippen molar-refractivity contribution in [3.8, 4) is 0 Å². The highest BCUT2D eigenvalue weighted by Crippen LogP contribution is 2.38. The van der Waals surface area contributed by atoms with E-state index in [1.807, 2.05) is 24.3 Å². The molecule has 3 unspecified atom stereocenters. The minimum absolute atomic E-state index is 0.118. The van der Waals surface area contributed by atoms with Crippen LogP contribution in [0.25, 0.3) is 0 Å². The third-order valence-electron chi connectivity index (χ3n) is 3.87. The standard InChI is InChI=1S/C15H20F3NOS/c1-21(20)10-11-5-2-3-8-14(11)19-13-7-4-6-12(9-13)15(16,17)18/h2-3,5,8,12-13,19H,4,6-7,9-10H2,1H3. The molecule has 1 aliphatic carbocycles. The van der Waals surface area contributed by atoms with Gasteiger partial charge in [-0.2, -0.15) is 13.2 Å². The Hall–Kier alpha value is -1.04. The molecule has 1 aromatic rings. The minimum Gasteiger partial charge on any atom is -0.382 e. The van der Waals surface area contributed by atoms with Crippen LogP contribution in [0.2, 0.25) is 0 Å². The second kappa shape index (κ2) is 6.81. The summed E-state index contributed by atoms with van der Waals surface area (Å²) >= 11 is 0. The molecule has 0 spiro atoms. The van der Waals surface area contributed by atoms with Crippen molar-refractivity contribution in [2.75, 3.05) is 11.6 Å². The topological polar surface area (TPSA) is 29.1 Å². The molecule has 0 aromatic heterocycles. The average molecular weight is 319 g/mol. The van der Waals surface area contributed by atoms with Crippen LogP contribution in [0.4, 0.5) is 18.9 Å². The first-order valence-corrected chi connectivity index (χ1v) is 8.80. The summed E-state index contributed by atoms with van der Waals surface area (Å²) in [6, 6.07) is 7.24. The van der Waals surface area contributed by atoms with Crippen molar-refractivity contribution in [1.29, 1.82) is 0 Å². The molecule has 0 amide bonds. The van der Waals surface area contributed by atoms with Crippen molar-refractivity contribution in [3.63, 3.8) is 0 Å². The number of hydrogen-bond acceptors (Lipinski definition) is 2. The summed E-state index contributed by atoms with van der Waals surface area (Å²) in [4.78, 5) is 0. The van der Waals surface area contributed by atoms with E-state index in [9.17, 15) is 17.4 Å². The molecular weight excluding hydrogens is 299 g/mol. The number of para-hydroxylation sites is 1. The average Bonchev–Trinajstić information content (AvgIpc) is 2.40. The predicted molar refractivity (Wildman–Crippen MR) is 79.6 cm³/mol. The van der Waals surface area contributed by atoms with Gasteiger partial charge < -0.3 is 5.32 Å². The van der Waals surface area contributed by atoms with Gasteiger partial charge in [0, 0.05) is 28.8 Å². The van der Waals surface area contributed by atoms with E-state index in [4.69, 9.17) is 0 Å². The van der Waals surface area contributed by atoms with Gasteiger partial charge in [0.2, 0.25) is 0 Å². The maximum absolute atomic E-state index is 12.8. The van der Waals surface area contributed by atoms with Crippen LogP contribution >= 0.6 is 0 Å². The second-order valence-electron chi connectivity index (χ2n) is 5.62. The Bertz CT molecular complexity index is 504. The number of nitrogens with one attached hydrogen (secondary N) is 1. The summed E-state index contributed by atoms with van der Waals surface area (Å²) in [5, 5.41) is 3.22. The van der Waals surface area contributed by atoms with Crippen molar-refractivity contribution in [1.82, 2.24) is 0 Å². The number of anilines is 1. The molecule has 0 heterocycles. The van der Waals surface area contributed by atoms with Gasteiger partial charge >= 0.3 is 6.18 Å². The normalized spacial score (nSPS) is 24.6. The van der Waals surface area contributed by atoms with E-state index in [0.29, 0.717) is 12.2 Å². The number of rotatable bonds is 4. The summed E-state index contributed by atoms with van der Waals surface area (Å²) in [6.07, 6.45) is -0.808. The van der Waals surface area contributed by atoms with Gasteiger partial charge in [-0.05, 0) is 30.9 Å². The predicted octanol–water partition coefficient (Wildman–Crippen LogP) is 4.10. The first kappa shape index (κ1) is 16.3. The van der Waals surface area contributed by atoms with Gasteiger partial charge in [-0.3, -0.25) is 4.21 Å². The van der Waals surface area contributed by atoms with Gasteiger partial charge in [0.15, 0.2) is 0 Å². The summed E-state index contributed by atoms with van der Waals surface area (Å²) in [5.74, 6) is -0.797. The fraction of sp³-hybridized carbons (Fsp3) is 0.600. The molecule has 2 nitrogen and oxygen atoms in total. The lowest BCUT2D eigenvalue weighted by Gasteiger charge is -2.32. The Kier molecular flexibility index (Phi) is 5.30. The quantitative estimate of drug-likeness (QED) is 0.905. The van der Waals surface area contributed by atoms with E-state index in [0.717, 1.165) is 17.7 Å². The van der Waals surface area contributed by atoms with E-state index < -0.39 is 22.9 Å². The van der Waals surface area contributed by atoms with Crippen LogP contribution < -0.4 is 5.32 Å². The highest BCUT2D eigenvalue weighted by Gasteiger charge is 2.42. The highest BCUT2D eigenvalue weighted by molar-refractivity contribution is 7.83. The molecular formula is C15H20F3NOS. The van der Waals surface area contributed by atoms with Crippen LogP contribution in [0.1, 0.15) is 31.2 Å². The van der Waals surface area contributed by atoms with Gasteiger partial charge in [-0.25, -0.2) is 0 Å². The maximum Gasteiger partial charge on any atom is 0.391 e. The third-order valence-corrected chi connectivity index (χ3v) is 4.59. The third kappa shape index (κ3) is 4.73. The molecule has 2 rings (SSSR count). The number of hydrogen-bond donors (Lipinski definition) is 1. The van der Waals surface area contributed by atoms with Crippen molar-refractivity contribution < 1.29 is 17.4 Å². The fourth-order valence-electron chi connectivity index (χ4n) is 2.84. The first-order valence-electron chi connectivity index (χ1n) is 7.07. The van der Waals surface area contributed by atoms with Gasteiger partial charge in [0.1, 0.15) is 0 Å². The van der Waals surface area contributed by atoms with Crippen LogP contribution in [0.3, 0.4) is 0 Å². The molecule has 3 atom stereocenters. The Morgan fingerprint density at radius 2 is 2.00 bits per heavy atom. The SMILES string of the molecule is CS(=O)Cc1ccccc1NC1CCCC(C(F)(F)F)C1. The van der Waals surface area contributed by atoms with E-state index >= 15 is 0 Å². The van der Waals surface area contributed by atoms with Gasteiger partial charge in [-0.15, -0.1) is 0 Å². The number of alkyl halides is 3. The van der Waals surface area contributed by atoms with Gasteiger partial charge in [0.05, 0.1) is 11.7 Å². The van der Waals surface area contributed by atoms with Crippen molar-refractivity contribution in [2.24, 2.45) is 5.92 Å². The molecule has 118 valence electrons. The Morgan fingerprint density at radius 3 is 2.67 bits per heavy atom. The molecule has 1 fully saturated rings. The molecule has 0 radical (unpaired) electrons. The van der Waals surface area contributed by atoms with Gasteiger partial charge in [-0.1, -0.05) is 24.6 Å². The zero-order valence-corrected chi connectivity index (χ0v) is 12.8. The lowest BCUT2D eigenvalue weighted by atomic mass is 9.85. The second-order valence-corrected chi connectivity index (χ2v) is 7.06.